The molecule has 2 atom stereocenters. The fourth-order valence-electron chi connectivity index (χ4n) is 5.24. The van der Waals surface area contributed by atoms with E-state index >= 15 is 0 Å². The van der Waals surface area contributed by atoms with Crippen LogP contribution < -0.4 is 0 Å². The zero-order valence-electron chi connectivity index (χ0n) is 22.7. The maximum absolute atomic E-state index is 13.7. The average Bonchev–Trinajstić information content (AvgIpc) is 3.09. The molecule has 6 heteroatoms. The van der Waals surface area contributed by atoms with Gasteiger partial charge in [-0.25, -0.2) is 0 Å². The van der Waals surface area contributed by atoms with Gasteiger partial charge in [-0.3, -0.25) is 4.79 Å². The van der Waals surface area contributed by atoms with E-state index in [-0.39, 0.29) is 29.1 Å². The summed E-state index contributed by atoms with van der Waals surface area (Å²) in [7, 11) is 0. The van der Waals surface area contributed by atoms with Crippen LogP contribution in [0, 0.1) is 11.8 Å². The first-order chi connectivity index (χ1) is 16.8. The molecule has 2 aromatic rings. The van der Waals surface area contributed by atoms with Crippen molar-refractivity contribution in [2.24, 2.45) is 15.9 Å². The van der Waals surface area contributed by atoms with Crippen molar-refractivity contribution in [1.29, 1.82) is 0 Å². The third kappa shape index (κ3) is 6.34. The molecule has 36 heavy (non-hydrogen) atoms. The Balaban J connectivity index is 1.94. The topological polar surface area (TPSA) is 52.9 Å². The van der Waals surface area contributed by atoms with Gasteiger partial charge >= 0.3 is 0 Å². The Hall–Kier alpha value is -1.85. The van der Waals surface area contributed by atoms with E-state index in [0.717, 1.165) is 53.4 Å². The Morgan fingerprint density at radius 3 is 2.19 bits per heavy atom. The van der Waals surface area contributed by atoms with Gasteiger partial charge in [0.15, 0.2) is 5.78 Å². The number of nitrogens with zero attached hydrogens (tertiary/aromatic N) is 2. The third-order valence-corrected chi connectivity index (χ3v) is 7.94. The van der Waals surface area contributed by atoms with Crippen molar-refractivity contribution in [3.63, 3.8) is 0 Å². The minimum atomic E-state index is -0.289. The largest absolute Gasteiger partial charge is 0.507 e. The highest BCUT2D eigenvalue weighted by molar-refractivity contribution is 9.08. The summed E-state index contributed by atoms with van der Waals surface area (Å²) in [5, 5.41) is 11.8. The summed E-state index contributed by atoms with van der Waals surface area (Å²) in [6.07, 6.45) is 2.93. The summed E-state index contributed by atoms with van der Waals surface area (Å²) in [5.74, 6) is 1.82. The number of rotatable bonds is 7. The summed E-state index contributed by atoms with van der Waals surface area (Å²) in [6.45, 7) is 15.6. The molecule has 0 unspecified atom stereocenters. The lowest BCUT2D eigenvalue weighted by atomic mass is 9.78. The quantitative estimate of drug-likeness (QED) is 0.339. The molecule has 0 amide bonds. The normalized spacial score (nSPS) is 19.8. The molecule has 1 aliphatic heterocycles. The van der Waals surface area contributed by atoms with Crippen molar-refractivity contribution in [1.82, 2.24) is 4.90 Å². The van der Waals surface area contributed by atoms with Crippen LogP contribution in [-0.4, -0.2) is 34.7 Å². The summed E-state index contributed by atoms with van der Waals surface area (Å²) < 4.78 is 4.50. The van der Waals surface area contributed by atoms with E-state index in [1.54, 1.807) is 0 Å². The molecule has 0 radical (unpaired) electrons. The molecule has 0 spiro atoms. The minimum absolute atomic E-state index is 0.0355. The predicted molar refractivity (Wildman–Crippen MR) is 155 cm³/mol. The van der Waals surface area contributed by atoms with E-state index in [4.69, 9.17) is 11.6 Å². The van der Waals surface area contributed by atoms with Crippen LogP contribution in [0.2, 0.25) is 5.02 Å². The first kappa shape index (κ1) is 28.7. The lowest BCUT2D eigenvalue weighted by molar-refractivity contribution is 0.0963. The van der Waals surface area contributed by atoms with E-state index in [1.165, 1.54) is 0 Å². The standard InChI is InChI=1S/C30H40BrClN2O2/c1-8-11-20-17-34(28(33-31)22(20)14-19-12-9-10-13-25(19)32)18-26(35)21-15-23(29(2,3)4)27(36)24(16-21)30(5,6)7/h9-10,12-13,15-16,20,22,36H,8,11,14,17-18H2,1-7H3/b33-28-/t20-,22+/m0/s1. The van der Waals surface area contributed by atoms with Gasteiger partial charge in [-0.1, -0.05) is 84.7 Å². The molecule has 1 aliphatic rings. The fraction of sp³-hybridized carbons (Fsp3) is 0.533. The molecule has 0 aromatic heterocycles. The molecule has 1 N–H and O–H groups in total. The van der Waals surface area contributed by atoms with E-state index in [9.17, 15) is 9.90 Å². The highest BCUT2D eigenvalue weighted by Crippen LogP contribution is 2.40. The molecule has 1 heterocycles. The Morgan fingerprint density at radius 1 is 1.11 bits per heavy atom. The van der Waals surface area contributed by atoms with Crippen LogP contribution in [0.25, 0.3) is 0 Å². The molecular formula is C30H40BrClN2O2. The number of phenols is 1. The van der Waals surface area contributed by atoms with E-state index in [2.05, 4.69) is 79.6 Å². The van der Waals surface area contributed by atoms with Gasteiger partial charge in [-0.05, 0) is 53.4 Å². The van der Waals surface area contributed by atoms with Crippen molar-refractivity contribution in [3.05, 3.63) is 63.7 Å². The minimum Gasteiger partial charge on any atom is -0.507 e. The van der Waals surface area contributed by atoms with Gasteiger partial charge in [0.25, 0.3) is 0 Å². The van der Waals surface area contributed by atoms with Gasteiger partial charge in [-0.2, -0.15) is 4.02 Å². The smallest absolute Gasteiger partial charge is 0.182 e. The lowest BCUT2D eigenvalue weighted by Gasteiger charge is -2.28. The van der Waals surface area contributed by atoms with Crippen molar-refractivity contribution in [3.8, 4) is 5.75 Å². The number of phenolic OH excluding ortho intramolecular Hbond substituents is 1. The van der Waals surface area contributed by atoms with Crippen molar-refractivity contribution in [2.45, 2.75) is 78.6 Å². The molecule has 0 bridgehead atoms. The average molecular weight is 576 g/mol. The second-order valence-electron chi connectivity index (χ2n) is 12.1. The van der Waals surface area contributed by atoms with Gasteiger partial charge in [0.05, 0.1) is 22.7 Å². The Labute approximate surface area is 230 Å². The second-order valence-corrected chi connectivity index (χ2v) is 12.9. The molecule has 2 aromatic carbocycles. The number of hydrogen-bond donors (Lipinski definition) is 1. The van der Waals surface area contributed by atoms with Gasteiger partial charge in [0.2, 0.25) is 0 Å². The maximum atomic E-state index is 13.7. The molecular weight excluding hydrogens is 536 g/mol. The number of Topliss-reactive ketones (excluding diaryl/α,β-unsaturated/α-hetero) is 1. The number of ketones is 1. The van der Waals surface area contributed by atoms with Crippen molar-refractivity contribution in [2.75, 3.05) is 13.1 Å². The van der Waals surface area contributed by atoms with E-state index < -0.39 is 0 Å². The van der Waals surface area contributed by atoms with Crippen LogP contribution in [0.15, 0.2) is 40.4 Å². The summed E-state index contributed by atoms with van der Waals surface area (Å²) in [4.78, 5) is 15.8. The Kier molecular flexibility index (Phi) is 8.99. The Bertz CT molecular complexity index is 1100. The van der Waals surface area contributed by atoms with Gasteiger partial charge < -0.3 is 10.0 Å². The first-order valence-corrected chi connectivity index (χ1v) is 13.9. The second kappa shape index (κ2) is 11.3. The monoisotopic (exact) mass is 574 g/mol. The fourth-order valence-corrected chi connectivity index (χ4v) is 5.94. The van der Waals surface area contributed by atoms with Gasteiger partial charge in [0, 0.05) is 34.2 Å². The van der Waals surface area contributed by atoms with Crippen molar-refractivity contribution >= 4 is 39.4 Å². The number of likely N-dealkylation sites (tertiary alicyclic amines) is 1. The molecule has 1 fully saturated rings. The number of amidine groups is 1. The SMILES string of the molecule is CCC[C@H]1CN(CC(=O)c2cc(C(C)(C)C)c(O)c(C(C)(C)C)c2)/C(=N\Br)[C@@H]1Cc1ccccc1Cl. The van der Waals surface area contributed by atoms with Crippen LogP contribution in [0.3, 0.4) is 0 Å². The Morgan fingerprint density at radius 2 is 1.69 bits per heavy atom. The van der Waals surface area contributed by atoms with Crippen molar-refractivity contribution < 1.29 is 9.90 Å². The van der Waals surface area contributed by atoms with Crippen LogP contribution in [-0.2, 0) is 17.3 Å². The number of benzene rings is 2. The predicted octanol–water partition coefficient (Wildman–Crippen LogP) is 8.12. The molecule has 1 saturated heterocycles. The van der Waals surface area contributed by atoms with Crippen LogP contribution >= 0.6 is 27.7 Å². The highest BCUT2D eigenvalue weighted by atomic mass is 79.9. The van der Waals surface area contributed by atoms with E-state index in [0.29, 0.717) is 17.2 Å². The summed E-state index contributed by atoms with van der Waals surface area (Å²) >= 11 is 9.86. The molecule has 3 rings (SSSR count). The first-order valence-electron chi connectivity index (χ1n) is 12.9. The maximum Gasteiger partial charge on any atom is 0.182 e. The van der Waals surface area contributed by atoms with Gasteiger partial charge in [-0.15, -0.1) is 0 Å². The molecule has 196 valence electrons. The number of hydrogen-bond acceptors (Lipinski definition) is 3. The lowest BCUT2D eigenvalue weighted by Crippen LogP contribution is -2.33. The third-order valence-electron chi connectivity index (χ3n) is 7.21. The number of halogens is 2. The van der Waals surface area contributed by atoms with Crippen LogP contribution in [0.1, 0.15) is 88.4 Å². The number of aromatic hydroxyl groups is 1. The zero-order chi connectivity index (χ0) is 26.8. The van der Waals surface area contributed by atoms with Crippen LogP contribution in [0.5, 0.6) is 5.75 Å². The zero-order valence-corrected chi connectivity index (χ0v) is 25.0. The molecule has 0 saturated carbocycles. The molecule has 0 aliphatic carbocycles. The number of carbonyl (C=O) groups is 1. The highest BCUT2D eigenvalue weighted by Gasteiger charge is 2.39. The number of carbonyl (C=O) groups excluding carboxylic acids is 1. The van der Waals surface area contributed by atoms with E-state index in [1.807, 2.05) is 30.3 Å². The summed E-state index contributed by atoms with van der Waals surface area (Å²) in [5.41, 5.74) is 2.77. The van der Waals surface area contributed by atoms with Gasteiger partial charge in [0.1, 0.15) is 11.6 Å². The molecule has 4 nitrogen and oxygen atoms in total. The summed E-state index contributed by atoms with van der Waals surface area (Å²) in [6, 6.07) is 11.7. The van der Waals surface area contributed by atoms with Crippen LogP contribution in [0.4, 0.5) is 0 Å².